The number of amides is 1. The van der Waals surface area contributed by atoms with Gasteiger partial charge in [-0.2, -0.15) is 0 Å². The number of carbonyl (C=O) groups excluding carboxylic acids is 1. The fraction of sp³-hybridized carbons (Fsp3) is 0.500. The van der Waals surface area contributed by atoms with Gasteiger partial charge in [0.2, 0.25) is 5.91 Å². The van der Waals surface area contributed by atoms with Crippen molar-refractivity contribution in [2.24, 2.45) is 0 Å². The average molecular weight is 364 g/mol. The maximum Gasteiger partial charge on any atom is 0.219 e. The van der Waals surface area contributed by atoms with E-state index < -0.39 is 0 Å². The molecule has 0 bridgehead atoms. The molecule has 0 saturated heterocycles. The SMILES string of the molecule is COc1cc2ncnc(Cl)c2cc1O[C@H]1CC[C@@H](N(C)C(C)=O)CC1. The van der Waals surface area contributed by atoms with E-state index in [0.29, 0.717) is 22.7 Å². The van der Waals surface area contributed by atoms with Gasteiger partial charge in [-0.05, 0) is 31.7 Å². The van der Waals surface area contributed by atoms with Gasteiger partial charge in [0, 0.05) is 31.5 Å². The quantitative estimate of drug-likeness (QED) is 0.778. The number of nitrogens with zero attached hydrogens (tertiary/aromatic N) is 3. The summed E-state index contributed by atoms with van der Waals surface area (Å²) >= 11 is 6.17. The Morgan fingerprint density at radius 2 is 1.92 bits per heavy atom. The molecule has 1 amide bonds. The molecular formula is C18H22ClN3O3. The first-order chi connectivity index (χ1) is 12.0. The summed E-state index contributed by atoms with van der Waals surface area (Å²) in [5, 5.41) is 1.13. The maximum absolute atomic E-state index is 11.5. The molecule has 6 nitrogen and oxygen atoms in total. The van der Waals surface area contributed by atoms with Gasteiger partial charge >= 0.3 is 0 Å². The Kier molecular flexibility index (Phi) is 5.27. The fourth-order valence-electron chi connectivity index (χ4n) is 3.27. The van der Waals surface area contributed by atoms with Crippen molar-refractivity contribution in [3.8, 4) is 11.5 Å². The van der Waals surface area contributed by atoms with E-state index in [-0.39, 0.29) is 12.0 Å². The Hall–Kier alpha value is -2.08. The average Bonchev–Trinajstić information content (AvgIpc) is 2.62. The van der Waals surface area contributed by atoms with Crippen molar-refractivity contribution in [2.75, 3.05) is 14.2 Å². The van der Waals surface area contributed by atoms with Gasteiger partial charge in [0.1, 0.15) is 11.5 Å². The molecular weight excluding hydrogens is 342 g/mol. The minimum Gasteiger partial charge on any atom is -0.493 e. The molecule has 0 spiro atoms. The third-order valence-corrected chi connectivity index (χ3v) is 5.16. The lowest BCUT2D eigenvalue weighted by Gasteiger charge is -2.34. The number of aromatic nitrogens is 2. The summed E-state index contributed by atoms with van der Waals surface area (Å²) in [4.78, 5) is 21.6. The van der Waals surface area contributed by atoms with Gasteiger partial charge in [-0.15, -0.1) is 0 Å². The highest BCUT2D eigenvalue weighted by Gasteiger charge is 2.27. The first-order valence-corrected chi connectivity index (χ1v) is 8.75. The summed E-state index contributed by atoms with van der Waals surface area (Å²) in [6.07, 6.45) is 5.16. The number of ether oxygens (including phenoxy) is 2. The van der Waals surface area contributed by atoms with Gasteiger partial charge in [0.05, 0.1) is 18.7 Å². The second-order valence-corrected chi connectivity index (χ2v) is 6.72. The smallest absolute Gasteiger partial charge is 0.219 e. The maximum atomic E-state index is 11.5. The van der Waals surface area contributed by atoms with Crippen molar-refractivity contribution >= 4 is 28.4 Å². The van der Waals surface area contributed by atoms with E-state index in [1.54, 1.807) is 14.0 Å². The van der Waals surface area contributed by atoms with Gasteiger partial charge < -0.3 is 14.4 Å². The highest BCUT2D eigenvalue weighted by Crippen LogP contribution is 2.36. The number of methoxy groups -OCH3 is 1. The van der Waals surface area contributed by atoms with Crippen LogP contribution in [0.2, 0.25) is 5.15 Å². The molecule has 1 heterocycles. The van der Waals surface area contributed by atoms with Crippen LogP contribution in [-0.2, 0) is 4.79 Å². The molecule has 0 unspecified atom stereocenters. The van der Waals surface area contributed by atoms with Crippen LogP contribution in [0.15, 0.2) is 18.5 Å². The largest absolute Gasteiger partial charge is 0.493 e. The summed E-state index contributed by atoms with van der Waals surface area (Å²) in [7, 11) is 3.47. The van der Waals surface area contributed by atoms with Gasteiger partial charge in [0.25, 0.3) is 0 Å². The van der Waals surface area contributed by atoms with E-state index in [1.165, 1.54) is 6.33 Å². The van der Waals surface area contributed by atoms with Crippen LogP contribution in [0.25, 0.3) is 10.9 Å². The summed E-state index contributed by atoms with van der Waals surface area (Å²) in [6, 6.07) is 3.94. The molecule has 1 aliphatic carbocycles. The Morgan fingerprint density at radius 3 is 2.56 bits per heavy atom. The van der Waals surface area contributed by atoms with Crippen LogP contribution < -0.4 is 9.47 Å². The van der Waals surface area contributed by atoms with Crippen LogP contribution in [0.3, 0.4) is 0 Å². The molecule has 25 heavy (non-hydrogen) atoms. The van der Waals surface area contributed by atoms with E-state index >= 15 is 0 Å². The summed E-state index contributed by atoms with van der Waals surface area (Å²) in [5.41, 5.74) is 0.719. The van der Waals surface area contributed by atoms with Gasteiger partial charge in [-0.1, -0.05) is 11.6 Å². The lowest BCUT2D eigenvalue weighted by atomic mass is 9.92. The molecule has 7 heteroatoms. The summed E-state index contributed by atoms with van der Waals surface area (Å²) in [5.74, 6) is 1.38. The number of hydrogen-bond acceptors (Lipinski definition) is 5. The minimum atomic E-state index is 0.0892. The third kappa shape index (κ3) is 3.79. The molecule has 0 atom stereocenters. The van der Waals surface area contributed by atoms with Crippen LogP contribution >= 0.6 is 11.6 Å². The molecule has 2 aromatic rings. The topological polar surface area (TPSA) is 64.6 Å². The predicted molar refractivity (Wildman–Crippen MR) is 96.2 cm³/mol. The van der Waals surface area contributed by atoms with Crippen molar-refractivity contribution in [3.63, 3.8) is 0 Å². The Labute approximate surface area is 152 Å². The monoisotopic (exact) mass is 363 g/mol. The standard InChI is InChI=1S/C18H22ClN3O3/c1-11(23)22(2)12-4-6-13(7-5-12)25-17-8-14-15(9-16(17)24-3)20-10-21-18(14)19/h8-10,12-13H,4-7H2,1-3H3/t12-,13+. The zero-order valence-corrected chi connectivity index (χ0v) is 15.4. The van der Waals surface area contributed by atoms with Crippen LogP contribution in [0.1, 0.15) is 32.6 Å². The lowest BCUT2D eigenvalue weighted by molar-refractivity contribution is -0.130. The number of rotatable bonds is 4. The number of benzene rings is 1. The van der Waals surface area contributed by atoms with Crippen molar-refractivity contribution in [2.45, 2.75) is 44.8 Å². The third-order valence-electron chi connectivity index (χ3n) is 4.85. The molecule has 1 fully saturated rings. The van der Waals surface area contributed by atoms with Crippen LogP contribution in [0.4, 0.5) is 0 Å². The van der Waals surface area contributed by atoms with Crippen molar-refractivity contribution in [1.82, 2.24) is 14.9 Å². The molecule has 0 aliphatic heterocycles. The molecule has 1 aromatic heterocycles. The van der Waals surface area contributed by atoms with Gasteiger partial charge in [-0.25, -0.2) is 9.97 Å². The molecule has 0 radical (unpaired) electrons. The van der Waals surface area contributed by atoms with E-state index in [1.807, 2.05) is 24.1 Å². The number of halogens is 1. The zero-order chi connectivity index (χ0) is 18.0. The number of hydrogen-bond donors (Lipinski definition) is 0. The zero-order valence-electron chi connectivity index (χ0n) is 14.7. The first kappa shape index (κ1) is 17.7. The molecule has 1 aromatic carbocycles. The molecule has 1 aliphatic rings. The Bertz CT molecular complexity index is 775. The highest BCUT2D eigenvalue weighted by molar-refractivity contribution is 6.34. The van der Waals surface area contributed by atoms with Crippen LogP contribution in [0.5, 0.6) is 11.5 Å². The van der Waals surface area contributed by atoms with Crippen molar-refractivity contribution in [1.29, 1.82) is 0 Å². The Morgan fingerprint density at radius 1 is 1.20 bits per heavy atom. The van der Waals surface area contributed by atoms with Gasteiger partial charge in [0.15, 0.2) is 11.5 Å². The van der Waals surface area contributed by atoms with Crippen molar-refractivity contribution in [3.05, 3.63) is 23.6 Å². The van der Waals surface area contributed by atoms with Crippen LogP contribution in [-0.4, -0.2) is 47.1 Å². The fourth-order valence-corrected chi connectivity index (χ4v) is 3.47. The van der Waals surface area contributed by atoms with E-state index in [2.05, 4.69) is 9.97 Å². The predicted octanol–water partition coefficient (Wildman–Crippen LogP) is 3.46. The first-order valence-electron chi connectivity index (χ1n) is 8.38. The lowest BCUT2D eigenvalue weighted by Crippen LogP contribution is -2.40. The molecule has 134 valence electrons. The summed E-state index contributed by atoms with van der Waals surface area (Å²) in [6.45, 7) is 1.61. The molecule has 1 saturated carbocycles. The number of fused-ring (bicyclic) bond motifs is 1. The molecule has 3 rings (SSSR count). The van der Waals surface area contributed by atoms with E-state index in [0.717, 1.165) is 36.6 Å². The van der Waals surface area contributed by atoms with Crippen molar-refractivity contribution < 1.29 is 14.3 Å². The summed E-state index contributed by atoms with van der Waals surface area (Å²) < 4.78 is 11.6. The minimum absolute atomic E-state index is 0.0892. The van der Waals surface area contributed by atoms with E-state index in [9.17, 15) is 4.79 Å². The van der Waals surface area contributed by atoms with E-state index in [4.69, 9.17) is 21.1 Å². The highest BCUT2D eigenvalue weighted by atomic mass is 35.5. The van der Waals surface area contributed by atoms with Crippen LogP contribution in [0, 0.1) is 0 Å². The normalized spacial score (nSPS) is 20.3. The van der Waals surface area contributed by atoms with Gasteiger partial charge in [-0.3, -0.25) is 4.79 Å². The Balaban J connectivity index is 1.75. The molecule has 0 N–H and O–H groups in total. The number of carbonyl (C=O) groups is 1. The second kappa shape index (κ2) is 7.44. The second-order valence-electron chi connectivity index (χ2n) is 6.36.